The van der Waals surface area contributed by atoms with Crippen LogP contribution in [0.5, 0.6) is 0 Å². The lowest BCUT2D eigenvalue weighted by molar-refractivity contribution is 0.0752. The topological polar surface area (TPSA) is 61.0 Å². The van der Waals surface area contributed by atoms with E-state index in [0.717, 1.165) is 62.1 Å². The highest BCUT2D eigenvalue weighted by molar-refractivity contribution is 5.93. The number of carbonyl (C=O) groups excluding carboxylic acids is 1. The van der Waals surface area contributed by atoms with Crippen LogP contribution in [0.3, 0.4) is 0 Å². The lowest BCUT2D eigenvalue weighted by Gasteiger charge is -2.19. The van der Waals surface area contributed by atoms with Crippen molar-refractivity contribution in [2.75, 3.05) is 26.2 Å². The molecule has 0 aliphatic carbocycles. The number of nitrogens with zero attached hydrogens (tertiary/aromatic N) is 2. The molecule has 1 amide bonds. The van der Waals surface area contributed by atoms with Crippen LogP contribution in [-0.4, -0.2) is 47.2 Å². The molecule has 2 N–H and O–H groups in total. The predicted molar refractivity (Wildman–Crippen MR) is 89.0 cm³/mol. The first-order valence-corrected chi connectivity index (χ1v) is 8.42. The first-order chi connectivity index (χ1) is 11.3. The Labute approximate surface area is 136 Å². The third kappa shape index (κ3) is 2.88. The minimum Gasteiger partial charge on any atom is -0.337 e. The number of benzene rings is 1. The molecule has 5 heteroatoms. The average molecular weight is 310 g/mol. The molecule has 2 aliphatic rings. The summed E-state index contributed by atoms with van der Waals surface area (Å²) in [5.74, 6) is 1.54. The van der Waals surface area contributed by atoms with Gasteiger partial charge in [-0.2, -0.15) is 5.10 Å². The zero-order valence-electron chi connectivity index (χ0n) is 13.2. The number of likely N-dealkylation sites (tertiary alicyclic amines) is 1. The second-order valence-corrected chi connectivity index (χ2v) is 6.58. The summed E-state index contributed by atoms with van der Waals surface area (Å²) in [7, 11) is 0. The molecular weight excluding hydrogens is 288 g/mol. The van der Waals surface area contributed by atoms with Gasteiger partial charge in [-0.3, -0.25) is 9.89 Å². The Bertz CT molecular complexity index is 667. The van der Waals surface area contributed by atoms with Gasteiger partial charge in [-0.25, -0.2) is 0 Å². The molecule has 2 saturated heterocycles. The van der Waals surface area contributed by atoms with Crippen molar-refractivity contribution >= 4 is 5.91 Å². The number of nitrogens with one attached hydrogen (secondary N) is 2. The van der Waals surface area contributed by atoms with Crippen molar-refractivity contribution in [1.82, 2.24) is 20.4 Å². The van der Waals surface area contributed by atoms with Crippen molar-refractivity contribution in [2.24, 2.45) is 11.8 Å². The van der Waals surface area contributed by atoms with Crippen LogP contribution in [0.15, 0.2) is 36.4 Å². The van der Waals surface area contributed by atoms with Crippen LogP contribution in [-0.2, 0) is 0 Å². The smallest absolute Gasteiger partial charge is 0.271 e. The summed E-state index contributed by atoms with van der Waals surface area (Å²) in [6.07, 6.45) is 2.20. The molecular formula is C18H22N4O. The molecule has 0 unspecified atom stereocenters. The van der Waals surface area contributed by atoms with Crippen molar-refractivity contribution in [2.45, 2.75) is 12.8 Å². The van der Waals surface area contributed by atoms with Crippen LogP contribution >= 0.6 is 0 Å². The lowest BCUT2D eigenvalue weighted by Crippen LogP contribution is -2.33. The van der Waals surface area contributed by atoms with Gasteiger partial charge in [-0.1, -0.05) is 30.3 Å². The number of aromatic nitrogens is 2. The van der Waals surface area contributed by atoms with E-state index in [1.807, 2.05) is 41.3 Å². The summed E-state index contributed by atoms with van der Waals surface area (Å²) in [6, 6.07) is 11.8. The number of fused-ring (bicyclic) bond motifs is 1. The molecule has 0 saturated carbocycles. The average Bonchev–Trinajstić information content (AvgIpc) is 3.21. The van der Waals surface area contributed by atoms with Crippen LogP contribution in [0, 0.1) is 11.8 Å². The fourth-order valence-corrected chi connectivity index (χ4v) is 3.78. The van der Waals surface area contributed by atoms with E-state index in [1.54, 1.807) is 0 Å². The van der Waals surface area contributed by atoms with E-state index >= 15 is 0 Å². The Kier molecular flexibility index (Phi) is 3.87. The second kappa shape index (κ2) is 6.16. The molecule has 0 radical (unpaired) electrons. The van der Waals surface area contributed by atoms with Gasteiger partial charge in [0.05, 0.1) is 5.69 Å². The summed E-state index contributed by atoms with van der Waals surface area (Å²) in [6.45, 7) is 3.91. The molecule has 2 atom stereocenters. The Morgan fingerprint density at radius 1 is 1.09 bits per heavy atom. The van der Waals surface area contributed by atoms with Crippen LogP contribution in [0.4, 0.5) is 0 Å². The fourth-order valence-electron chi connectivity index (χ4n) is 3.78. The molecule has 23 heavy (non-hydrogen) atoms. The largest absolute Gasteiger partial charge is 0.337 e. The zero-order chi connectivity index (χ0) is 15.6. The normalized spacial score (nSPS) is 24.3. The summed E-state index contributed by atoms with van der Waals surface area (Å²) in [4.78, 5) is 14.7. The number of H-pyrrole nitrogens is 1. The highest BCUT2D eigenvalue weighted by atomic mass is 16.2. The van der Waals surface area contributed by atoms with Gasteiger partial charge < -0.3 is 10.2 Å². The quantitative estimate of drug-likeness (QED) is 0.893. The Morgan fingerprint density at radius 2 is 1.78 bits per heavy atom. The monoisotopic (exact) mass is 310 g/mol. The van der Waals surface area contributed by atoms with E-state index in [2.05, 4.69) is 15.5 Å². The van der Waals surface area contributed by atoms with Gasteiger partial charge in [-0.15, -0.1) is 0 Å². The Balaban J connectivity index is 1.48. The first-order valence-electron chi connectivity index (χ1n) is 8.42. The van der Waals surface area contributed by atoms with Crippen molar-refractivity contribution < 1.29 is 4.79 Å². The van der Waals surface area contributed by atoms with Crippen molar-refractivity contribution in [3.8, 4) is 11.3 Å². The minimum atomic E-state index is 0.0765. The van der Waals surface area contributed by atoms with E-state index in [0.29, 0.717) is 5.69 Å². The number of hydrogen-bond acceptors (Lipinski definition) is 3. The van der Waals surface area contributed by atoms with E-state index in [4.69, 9.17) is 0 Å². The van der Waals surface area contributed by atoms with Gasteiger partial charge in [0.1, 0.15) is 5.69 Å². The molecule has 2 fully saturated rings. The first kappa shape index (κ1) is 14.5. The number of carbonyl (C=O) groups is 1. The molecule has 2 aliphatic heterocycles. The molecule has 120 valence electrons. The molecule has 4 rings (SSSR count). The second-order valence-electron chi connectivity index (χ2n) is 6.58. The molecule has 1 aromatic heterocycles. The van der Waals surface area contributed by atoms with Crippen molar-refractivity contribution in [1.29, 1.82) is 0 Å². The van der Waals surface area contributed by atoms with Gasteiger partial charge in [-0.05, 0) is 43.8 Å². The maximum atomic E-state index is 12.8. The summed E-state index contributed by atoms with van der Waals surface area (Å²) >= 11 is 0. The van der Waals surface area contributed by atoms with Gasteiger partial charge >= 0.3 is 0 Å². The van der Waals surface area contributed by atoms with Crippen LogP contribution in [0.1, 0.15) is 23.3 Å². The highest BCUT2D eigenvalue weighted by Crippen LogP contribution is 2.28. The van der Waals surface area contributed by atoms with Crippen LogP contribution in [0.25, 0.3) is 11.3 Å². The molecule has 2 aromatic rings. The van der Waals surface area contributed by atoms with Crippen LogP contribution in [0.2, 0.25) is 0 Å². The molecule has 1 aromatic carbocycles. The summed E-state index contributed by atoms with van der Waals surface area (Å²) in [5, 5.41) is 10.7. The van der Waals surface area contributed by atoms with Gasteiger partial charge in [0.25, 0.3) is 5.91 Å². The molecule has 5 nitrogen and oxygen atoms in total. The number of amides is 1. The lowest BCUT2D eigenvalue weighted by atomic mass is 9.92. The predicted octanol–water partition coefficient (Wildman–Crippen LogP) is 2.15. The third-order valence-electron chi connectivity index (χ3n) is 5.18. The standard InChI is InChI=1S/C18H22N4O/c23-18(22-8-6-14-11-19-12-15(14)7-9-22)17-10-16(20-21-17)13-4-2-1-3-5-13/h1-5,10,14-15,19H,6-9,11-12H2,(H,20,21)/t14-,15+. The number of aromatic amines is 1. The molecule has 3 heterocycles. The summed E-state index contributed by atoms with van der Waals surface area (Å²) in [5.41, 5.74) is 2.44. The van der Waals surface area contributed by atoms with Crippen LogP contribution < -0.4 is 5.32 Å². The zero-order valence-corrected chi connectivity index (χ0v) is 13.2. The Morgan fingerprint density at radius 3 is 2.48 bits per heavy atom. The SMILES string of the molecule is O=C(c1cc(-c2ccccc2)n[nH]1)N1CC[C@@H]2CNC[C@@H]2CC1. The third-order valence-corrected chi connectivity index (χ3v) is 5.18. The van der Waals surface area contributed by atoms with E-state index in [-0.39, 0.29) is 5.91 Å². The fraction of sp³-hybridized carbons (Fsp3) is 0.444. The van der Waals surface area contributed by atoms with Crippen molar-refractivity contribution in [3.63, 3.8) is 0 Å². The van der Waals surface area contributed by atoms with Gasteiger partial charge in [0, 0.05) is 18.7 Å². The minimum absolute atomic E-state index is 0.0765. The van der Waals surface area contributed by atoms with E-state index in [9.17, 15) is 4.79 Å². The van der Waals surface area contributed by atoms with E-state index < -0.39 is 0 Å². The maximum Gasteiger partial charge on any atom is 0.271 e. The highest BCUT2D eigenvalue weighted by Gasteiger charge is 2.32. The molecule has 0 spiro atoms. The molecule has 0 bridgehead atoms. The Hall–Kier alpha value is -2.14. The number of hydrogen-bond donors (Lipinski definition) is 2. The van der Waals surface area contributed by atoms with E-state index in [1.165, 1.54) is 0 Å². The van der Waals surface area contributed by atoms with Gasteiger partial charge in [0.2, 0.25) is 0 Å². The maximum absolute atomic E-state index is 12.8. The number of rotatable bonds is 2. The van der Waals surface area contributed by atoms with Crippen molar-refractivity contribution in [3.05, 3.63) is 42.1 Å². The van der Waals surface area contributed by atoms with Gasteiger partial charge in [0.15, 0.2) is 0 Å². The summed E-state index contributed by atoms with van der Waals surface area (Å²) < 4.78 is 0.